The molecule has 0 amide bonds. The maximum absolute atomic E-state index is 5.06. The van der Waals surface area contributed by atoms with Gasteiger partial charge in [0.1, 0.15) is 0 Å². The molecule has 0 bridgehead atoms. The van der Waals surface area contributed by atoms with E-state index < -0.39 is 0 Å². The summed E-state index contributed by atoms with van der Waals surface area (Å²) in [5.74, 6) is 2.59. The van der Waals surface area contributed by atoms with E-state index in [1.165, 1.54) is 0 Å². The van der Waals surface area contributed by atoms with Gasteiger partial charge in [-0.3, -0.25) is 0 Å². The first-order valence-corrected chi connectivity index (χ1v) is 3.48. The molecule has 0 heterocycles. The van der Waals surface area contributed by atoms with Crippen molar-refractivity contribution in [2.75, 3.05) is 0 Å². The highest BCUT2D eigenvalue weighted by atomic mass is 79.9. The van der Waals surface area contributed by atoms with Gasteiger partial charge in [0.2, 0.25) is 0 Å². The number of hydrogen-bond acceptors (Lipinski definition) is 0. The van der Waals surface area contributed by atoms with E-state index in [1.54, 1.807) is 0 Å². The van der Waals surface area contributed by atoms with Crippen LogP contribution >= 0.6 is 15.9 Å². The first kappa shape index (κ1) is 8.04. The summed E-state index contributed by atoms with van der Waals surface area (Å²) in [7, 11) is 0. The van der Waals surface area contributed by atoms with Crippen LogP contribution in [0.2, 0.25) is 0 Å². The minimum absolute atomic E-state index is 0.222. The lowest BCUT2D eigenvalue weighted by Gasteiger charge is -2.12. The largest absolute Gasteiger partial charge is 0.120 e. The van der Waals surface area contributed by atoms with E-state index in [1.807, 2.05) is 0 Å². The summed E-state index contributed by atoms with van der Waals surface area (Å²) in [6.45, 7) is 4.23. The third-order valence-electron chi connectivity index (χ3n) is 0.864. The standard InChI is InChI=1S/C7H11Br/c1-4-5-6-7(2,3)8/h1H,5-6H2,2-3H3. The Morgan fingerprint density at radius 1 is 1.62 bits per heavy atom. The first-order valence-electron chi connectivity index (χ1n) is 2.68. The molecule has 0 aliphatic heterocycles. The number of alkyl halides is 1. The van der Waals surface area contributed by atoms with Crippen molar-refractivity contribution in [2.24, 2.45) is 0 Å². The summed E-state index contributed by atoms with van der Waals surface area (Å²) < 4.78 is 0.222. The summed E-state index contributed by atoms with van der Waals surface area (Å²) in [5.41, 5.74) is 0. The molecule has 1 heteroatoms. The molecule has 0 saturated carbocycles. The maximum atomic E-state index is 5.06. The average Bonchev–Trinajstić information content (AvgIpc) is 1.59. The second kappa shape index (κ2) is 3.14. The quantitative estimate of drug-likeness (QED) is 0.447. The Morgan fingerprint density at radius 3 is 2.25 bits per heavy atom. The van der Waals surface area contributed by atoms with Crippen LogP contribution in [0.5, 0.6) is 0 Å². The molecule has 8 heavy (non-hydrogen) atoms. The van der Waals surface area contributed by atoms with E-state index in [2.05, 4.69) is 35.7 Å². The number of terminal acetylenes is 1. The summed E-state index contributed by atoms with van der Waals surface area (Å²) >= 11 is 3.48. The molecule has 0 aromatic heterocycles. The fourth-order valence-corrected chi connectivity index (χ4v) is 0.568. The maximum Gasteiger partial charge on any atom is 0.0210 e. The van der Waals surface area contributed by atoms with Gasteiger partial charge in [0.15, 0.2) is 0 Å². The average molecular weight is 175 g/mol. The lowest BCUT2D eigenvalue weighted by molar-refractivity contribution is 0.669. The smallest absolute Gasteiger partial charge is 0.0210 e. The van der Waals surface area contributed by atoms with Crippen LogP contribution in [0.15, 0.2) is 0 Å². The third kappa shape index (κ3) is 6.04. The van der Waals surface area contributed by atoms with Crippen LogP contribution in [0.3, 0.4) is 0 Å². The Hall–Kier alpha value is 0.0400. The molecule has 0 rings (SSSR count). The fourth-order valence-electron chi connectivity index (χ4n) is 0.369. The summed E-state index contributed by atoms with van der Waals surface area (Å²) in [5, 5.41) is 0. The molecule has 0 fully saturated rings. The molecule has 0 saturated heterocycles. The monoisotopic (exact) mass is 174 g/mol. The molecule has 0 atom stereocenters. The van der Waals surface area contributed by atoms with Crippen LogP contribution in [-0.2, 0) is 0 Å². The van der Waals surface area contributed by atoms with Crippen LogP contribution in [0.4, 0.5) is 0 Å². The van der Waals surface area contributed by atoms with Gasteiger partial charge < -0.3 is 0 Å². The van der Waals surface area contributed by atoms with Gasteiger partial charge in [-0.1, -0.05) is 29.8 Å². The van der Waals surface area contributed by atoms with Gasteiger partial charge in [-0.2, -0.15) is 0 Å². The van der Waals surface area contributed by atoms with Gasteiger partial charge in [-0.25, -0.2) is 0 Å². The second-order valence-electron chi connectivity index (χ2n) is 2.42. The Balaban J connectivity index is 3.28. The van der Waals surface area contributed by atoms with Gasteiger partial charge in [0, 0.05) is 10.7 Å². The van der Waals surface area contributed by atoms with Gasteiger partial charge >= 0.3 is 0 Å². The van der Waals surface area contributed by atoms with E-state index in [0.29, 0.717) is 0 Å². The molecule has 0 unspecified atom stereocenters. The van der Waals surface area contributed by atoms with Crippen LogP contribution in [0.1, 0.15) is 26.7 Å². The lowest BCUT2D eigenvalue weighted by atomic mass is 10.1. The summed E-state index contributed by atoms with van der Waals surface area (Å²) in [4.78, 5) is 0. The molecule has 0 nitrogen and oxygen atoms in total. The minimum Gasteiger partial charge on any atom is -0.120 e. The van der Waals surface area contributed by atoms with Gasteiger partial charge in [0.25, 0.3) is 0 Å². The second-order valence-corrected chi connectivity index (χ2v) is 4.57. The highest BCUT2D eigenvalue weighted by Gasteiger charge is 2.09. The van der Waals surface area contributed by atoms with Crippen molar-refractivity contribution < 1.29 is 0 Å². The van der Waals surface area contributed by atoms with E-state index >= 15 is 0 Å². The molecular formula is C7H11Br. The van der Waals surface area contributed by atoms with Crippen molar-refractivity contribution >= 4 is 15.9 Å². The zero-order chi connectivity index (χ0) is 6.62. The van der Waals surface area contributed by atoms with Crippen LogP contribution in [0.25, 0.3) is 0 Å². The molecule has 0 N–H and O–H groups in total. The minimum atomic E-state index is 0.222. The van der Waals surface area contributed by atoms with E-state index in [-0.39, 0.29) is 4.32 Å². The predicted octanol–water partition coefficient (Wildman–Crippen LogP) is 2.57. The van der Waals surface area contributed by atoms with Crippen molar-refractivity contribution in [3.8, 4) is 12.3 Å². The normalized spacial score (nSPS) is 10.8. The Kier molecular flexibility index (Phi) is 3.16. The molecule has 0 aliphatic rings. The Labute approximate surface area is 59.8 Å². The van der Waals surface area contributed by atoms with Gasteiger partial charge in [-0.05, 0) is 6.42 Å². The van der Waals surface area contributed by atoms with Crippen LogP contribution in [-0.4, -0.2) is 4.32 Å². The van der Waals surface area contributed by atoms with E-state index in [0.717, 1.165) is 12.8 Å². The highest BCUT2D eigenvalue weighted by molar-refractivity contribution is 9.10. The molecular weight excluding hydrogens is 164 g/mol. The van der Waals surface area contributed by atoms with E-state index in [9.17, 15) is 0 Å². The van der Waals surface area contributed by atoms with Crippen LogP contribution < -0.4 is 0 Å². The Bertz CT molecular complexity index is 91.9. The topological polar surface area (TPSA) is 0 Å². The van der Waals surface area contributed by atoms with Gasteiger partial charge in [0.05, 0.1) is 0 Å². The zero-order valence-corrected chi connectivity index (χ0v) is 6.96. The lowest BCUT2D eigenvalue weighted by Crippen LogP contribution is -2.07. The van der Waals surface area contributed by atoms with Crippen molar-refractivity contribution in [2.45, 2.75) is 31.0 Å². The van der Waals surface area contributed by atoms with Crippen molar-refractivity contribution in [3.05, 3.63) is 0 Å². The Morgan fingerprint density at radius 2 is 2.12 bits per heavy atom. The molecule has 0 aliphatic carbocycles. The predicted molar refractivity (Wildman–Crippen MR) is 41.1 cm³/mol. The number of halogens is 1. The molecule has 0 aromatic rings. The van der Waals surface area contributed by atoms with Crippen molar-refractivity contribution in [3.63, 3.8) is 0 Å². The van der Waals surface area contributed by atoms with Crippen molar-refractivity contribution in [1.82, 2.24) is 0 Å². The SMILES string of the molecule is C#CCCC(C)(C)Br. The first-order chi connectivity index (χ1) is 3.56. The zero-order valence-electron chi connectivity index (χ0n) is 5.37. The molecule has 46 valence electrons. The van der Waals surface area contributed by atoms with Crippen LogP contribution in [0, 0.1) is 12.3 Å². The molecule has 0 radical (unpaired) electrons. The number of rotatable bonds is 2. The summed E-state index contributed by atoms with van der Waals surface area (Å²) in [6.07, 6.45) is 6.97. The summed E-state index contributed by atoms with van der Waals surface area (Å²) in [6, 6.07) is 0. The fraction of sp³-hybridized carbons (Fsp3) is 0.714. The van der Waals surface area contributed by atoms with E-state index in [4.69, 9.17) is 6.42 Å². The highest BCUT2D eigenvalue weighted by Crippen LogP contribution is 2.21. The molecule has 0 spiro atoms. The third-order valence-corrected chi connectivity index (χ3v) is 1.26. The number of hydrogen-bond donors (Lipinski definition) is 0. The van der Waals surface area contributed by atoms with Gasteiger partial charge in [-0.15, -0.1) is 12.3 Å². The van der Waals surface area contributed by atoms with Crippen molar-refractivity contribution in [1.29, 1.82) is 0 Å². The molecule has 0 aromatic carbocycles.